The van der Waals surface area contributed by atoms with E-state index >= 15 is 0 Å². The molecule has 0 aliphatic rings. The zero-order valence-electron chi connectivity index (χ0n) is 17.5. The van der Waals surface area contributed by atoms with E-state index < -0.39 is 15.7 Å². The van der Waals surface area contributed by atoms with Crippen LogP contribution in [0.5, 0.6) is 0 Å². The number of carbonyl (C=O) groups excluding carboxylic acids is 2. The first-order valence-corrected chi connectivity index (χ1v) is 11.2. The highest BCUT2D eigenvalue weighted by Gasteiger charge is 2.18. The van der Waals surface area contributed by atoms with Gasteiger partial charge in [0, 0.05) is 16.9 Å². The second-order valence-electron chi connectivity index (χ2n) is 6.81. The number of allylic oxidation sites excluding steroid dienone is 3. The lowest BCUT2D eigenvalue weighted by atomic mass is 10.2. The third-order valence-electron chi connectivity index (χ3n) is 4.49. The summed E-state index contributed by atoms with van der Waals surface area (Å²) in [6.07, 6.45) is 6.66. The summed E-state index contributed by atoms with van der Waals surface area (Å²) in [5.74, 6) is -0.550. The number of nitrogens with one attached hydrogen (secondary N) is 2. The second-order valence-corrected chi connectivity index (χ2v) is 8.76. The van der Waals surface area contributed by atoms with Crippen molar-refractivity contribution in [2.24, 2.45) is 0 Å². The predicted octanol–water partition coefficient (Wildman–Crippen LogP) is 4.83. The van der Waals surface area contributed by atoms with Crippen LogP contribution in [0.2, 0.25) is 0 Å². The number of rotatable bonds is 7. The van der Waals surface area contributed by atoms with Gasteiger partial charge >= 0.3 is 0 Å². The molecule has 3 rings (SSSR count). The number of sulfone groups is 1. The van der Waals surface area contributed by atoms with Crippen molar-refractivity contribution in [1.82, 2.24) is 0 Å². The van der Waals surface area contributed by atoms with Gasteiger partial charge in [0.2, 0.25) is 9.84 Å². The molecule has 0 radical (unpaired) electrons. The van der Waals surface area contributed by atoms with Crippen LogP contribution in [0.3, 0.4) is 0 Å². The SMILES string of the molecule is C/C=C\C=C(/C)C(=O)Nc1ccc(S(=O)(=O)c2ccc(NC(=O)c3ccco3)cc2)cc1. The Labute approximate surface area is 186 Å². The molecule has 164 valence electrons. The normalized spacial score (nSPS) is 12.0. The summed E-state index contributed by atoms with van der Waals surface area (Å²) in [4.78, 5) is 24.3. The van der Waals surface area contributed by atoms with Crippen LogP contribution in [0.25, 0.3) is 0 Å². The van der Waals surface area contributed by atoms with Crippen molar-refractivity contribution in [1.29, 1.82) is 0 Å². The van der Waals surface area contributed by atoms with Crippen LogP contribution in [0, 0.1) is 0 Å². The van der Waals surface area contributed by atoms with Crippen LogP contribution in [-0.4, -0.2) is 20.2 Å². The Hall–Kier alpha value is -3.91. The van der Waals surface area contributed by atoms with Gasteiger partial charge in [-0.1, -0.05) is 18.2 Å². The van der Waals surface area contributed by atoms with Crippen molar-refractivity contribution in [2.45, 2.75) is 23.6 Å². The Morgan fingerprint density at radius 1 is 0.875 bits per heavy atom. The van der Waals surface area contributed by atoms with Crippen molar-refractivity contribution >= 4 is 33.0 Å². The summed E-state index contributed by atoms with van der Waals surface area (Å²) >= 11 is 0. The first kappa shape index (κ1) is 22.8. The minimum Gasteiger partial charge on any atom is -0.459 e. The van der Waals surface area contributed by atoms with E-state index in [9.17, 15) is 18.0 Å². The maximum absolute atomic E-state index is 12.9. The highest BCUT2D eigenvalue weighted by Crippen LogP contribution is 2.24. The van der Waals surface area contributed by atoms with E-state index in [-0.39, 0.29) is 21.5 Å². The smallest absolute Gasteiger partial charge is 0.291 e. The molecule has 2 aromatic carbocycles. The molecule has 0 fully saturated rings. The Kier molecular flexibility index (Phi) is 7.07. The molecule has 0 saturated carbocycles. The first-order valence-electron chi connectivity index (χ1n) is 9.72. The van der Waals surface area contributed by atoms with Gasteiger partial charge in [0.15, 0.2) is 5.76 Å². The van der Waals surface area contributed by atoms with E-state index in [1.54, 1.807) is 25.1 Å². The Morgan fingerprint density at radius 2 is 1.44 bits per heavy atom. The van der Waals surface area contributed by atoms with Gasteiger partial charge in [-0.2, -0.15) is 0 Å². The van der Waals surface area contributed by atoms with Gasteiger partial charge in [0.25, 0.3) is 11.8 Å². The summed E-state index contributed by atoms with van der Waals surface area (Å²) in [5.41, 5.74) is 1.45. The fourth-order valence-electron chi connectivity index (χ4n) is 2.72. The zero-order chi connectivity index (χ0) is 23.1. The van der Waals surface area contributed by atoms with Crippen LogP contribution >= 0.6 is 0 Å². The van der Waals surface area contributed by atoms with Crippen molar-refractivity contribution in [3.05, 3.63) is 96.5 Å². The van der Waals surface area contributed by atoms with Crippen molar-refractivity contribution in [3.63, 3.8) is 0 Å². The molecule has 0 spiro atoms. The van der Waals surface area contributed by atoms with Crippen LogP contribution in [-0.2, 0) is 14.6 Å². The standard InChI is InChI=1S/C24H22N2O5S/c1-3-4-6-17(2)23(27)25-18-8-12-20(13-9-18)32(29,30)21-14-10-19(11-15-21)26-24(28)22-7-5-16-31-22/h3-16H,1-2H3,(H,25,27)(H,26,28)/b4-3-,17-6+. The van der Waals surface area contributed by atoms with Crippen LogP contribution in [0.4, 0.5) is 11.4 Å². The number of anilines is 2. The maximum Gasteiger partial charge on any atom is 0.291 e. The van der Waals surface area contributed by atoms with E-state index in [0.29, 0.717) is 16.9 Å². The lowest BCUT2D eigenvalue weighted by Gasteiger charge is -2.09. The highest BCUT2D eigenvalue weighted by atomic mass is 32.2. The van der Waals surface area contributed by atoms with Gasteiger partial charge in [-0.05, 0) is 74.5 Å². The first-order chi connectivity index (χ1) is 15.3. The molecule has 0 aliphatic heterocycles. The second kappa shape index (κ2) is 9.93. The molecule has 0 unspecified atom stereocenters. The number of carbonyl (C=O) groups is 2. The van der Waals surface area contributed by atoms with Crippen molar-refractivity contribution in [2.75, 3.05) is 10.6 Å². The Balaban J connectivity index is 1.70. The number of hydrogen-bond donors (Lipinski definition) is 2. The summed E-state index contributed by atoms with van der Waals surface area (Å²) in [6, 6.07) is 14.9. The van der Waals surface area contributed by atoms with Gasteiger partial charge in [-0.25, -0.2) is 8.42 Å². The molecule has 2 amide bonds. The molecule has 32 heavy (non-hydrogen) atoms. The molecular formula is C24H22N2O5S. The molecule has 8 heteroatoms. The Bertz CT molecular complexity index is 1250. The van der Waals surface area contributed by atoms with Crippen LogP contribution in [0.1, 0.15) is 24.4 Å². The minimum absolute atomic E-state index is 0.0791. The molecule has 0 aliphatic carbocycles. The van der Waals surface area contributed by atoms with Gasteiger partial charge in [-0.15, -0.1) is 0 Å². The van der Waals surface area contributed by atoms with Crippen molar-refractivity contribution < 1.29 is 22.4 Å². The summed E-state index contributed by atoms with van der Waals surface area (Å²) in [6.45, 7) is 3.54. The molecule has 1 heterocycles. The average Bonchev–Trinajstić information content (AvgIpc) is 3.33. The lowest BCUT2D eigenvalue weighted by molar-refractivity contribution is -0.112. The van der Waals surface area contributed by atoms with E-state index in [0.717, 1.165) is 0 Å². The van der Waals surface area contributed by atoms with E-state index in [1.165, 1.54) is 60.9 Å². The van der Waals surface area contributed by atoms with E-state index in [2.05, 4.69) is 10.6 Å². The summed E-state index contributed by atoms with van der Waals surface area (Å²) in [5, 5.41) is 5.36. The highest BCUT2D eigenvalue weighted by molar-refractivity contribution is 7.91. The summed E-state index contributed by atoms with van der Waals surface area (Å²) < 4.78 is 30.8. The van der Waals surface area contributed by atoms with Gasteiger partial charge in [0.1, 0.15) is 0 Å². The molecule has 0 atom stereocenters. The quantitative estimate of drug-likeness (QED) is 0.396. The predicted molar refractivity (Wildman–Crippen MR) is 122 cm³/mol. The monoisotopic (exact) mass is 450 g/mol. The topological polar surface area (TPSA) is 105 Å². The van der Waals surface area contributed by atoms with Gasteiger partial charge < -0.3 is 15.1 Å². The van der Waals surface area contributed by atoms with Gasteiger partial charge in [-0.3, -0.25) is 9.59 Å². The summed E-state index contributed by atoms with van der Waals surface area (Å²) in [7, 11) is -3.77. The van der Waals surface area contributed by atoms with E-state index in [1.807, 2.05) is 13.0 Å². The van der Waals surface area contributed by atoms with Crippen molar-refractivity contribution in [3.8, 4) is 0 Å². The van der Waals surface area contributed by atoms with Gasteiger partial charge in [0.05, 0.1) is 16.1 Å². The van der Waals surface area contributed by atoms with Crippen LogP contribution < -0.4 is 10.6 Å². The third-order valence-corrected chi connectivity index (χ3v) is 6.27. The third kappa shape index (κ3) is 5.41. The molecule has 1 aromatic heterocycles. The van der Waals surface area contributed by atoms with E-state index in [4.69, 9.17) is 4.42 Å². The van der Waals surface area contributed by atoms with Crippen LogP contribution in [0.15, 0.2) is 105 Å². The molecular weight excluding hydrogens is 428 g/mol. The molecule has 0 saturated heterocycles. The molecule has 7 nitrogen and oxygen atoms in total. The minimum atomic E-state index is -3.77. The average molecular weight is 451 g/mol. The number of benzene rings is 2. The Morgan fingerprint density at radius 3 is 1.94 bits per heavy atom. The molecule has 3 aromatic rings. The fraction of sp³-hybridized carbons (Fsp3) is 0.0833. The molecule has 2 N–H and O–H groups in total. The lowest BCUT2D eigenvalue weighted by Crippen LogP contribution is -2.12. The largest absolute Gasteiger partial charge is 0.459 e. The zero-order valence-corrected chi connectivity index (χ0v) is 18.3. The number of amides is 2. The number of hydrogen-bond acceptors (Lipinski definition) is 5. The fourth-order valence-corrected chi connectivity index (χ4v) is 3.98. The molecule has 0 bridgehead atoms. The number of furan rings is 1. The maximum atomic E-state index is 12.9.